The Morgan fingerprint density at radius 3 is 2.41 bits per heavy atom. The van der Waals surface area contributed by atoms with Crippen LogP contribution in [0.25, 0.3) is 11.1 Å². The average Bonchev–Trinajstić information content (AvgIpc) is 3.52. The van der Waals surface area contributed by atoms with Gasteiger partial charge in [-0.25, -0.2) is 4.79 Å². The first kappa shape index (κ1) is 20.7. The minimum Gasteiger partial charge on any atom is -0.448 e. The van der Waals surface area contributed by atoms with E-state index in [-0.39, 0.29) is 12.5 Å². The number of nitrogens with zero attached hydrogens (tertiary/aromatic N) is 3. The maximum atomic E-state index is 12.4. The first-order chi connectivity index (χ1) is 15.7. The minimum atomic E-state index is -0.510. The summed E-state index contributed by atoms with van der Waals surface area (Å²) >= 11 is 0. The number of anilines is 1. The molecule has 2 N–H and O–H groups in total. The van der Waals surface area contributed by atoms with E-state index in [1.807, 2.05) is 24.3 Å². The van der Waals surface area contributed by atoms with E-state index in [0.29, 0.717) is 18.8 Å². The van der Waals surface area contributed by atoms with E-state index in [0.717, 1.165) is 13.1 Å². The van der Waals surface area contributed by atoms with Crippen molar-refractivity contribution in [3.05, 3.63) is 72.1 Å². The van der Waals surface area contributed by atoms with Crippen molar-refractivity contribution in [2.45, 2.75) is 31.4 Å². The van der Waals surface area contributed by atoms with Gasteiger partial charge in [-0.1, -0.05) is 48.5 Å². The van der Waals surface area contributed by atoms with Crippen molar-refractivity contribution >= 4 is 11.8 Å². The molecule has 2 aromatic carbocycles. The van der Waals surface area contributed by atoms with Crippen LogP contribution in [-0.2, 0) is 11.3 Å². The highest BCUT2D eigenvalue weighted by molar-refractivity contribution is 5.84. The Morgan fingerprint density at radius 2 is 1.72 bits per heavy atom. The van der Waals surface area contributed by atoms with Crippen LogP contribution in [0.4, 0.5) is 10.5 Å². The number of aromatic nitrogens is 2. The number of hydrogen-bond donors (Lipinski definition) is 2. The lowest BCUT2D eigenvalue weighted by Crippen LogP contribution is -2.32. The maximum absolute atomic E-state index is 12.4. The van der Waals surface area contributed by atoms with Gasteiger partial charge >= 0.3 is 6.09 Å². The fraction of sp³-hybridized carbons (Fsp3) is 0.360. The van der Waals surface area contributed by atoms with Crippen LogP contribution in [0, 0.1) is 0 Å². The fourth-order valence-corrected chi connectivity index (χ4v) is 4.82. The molecular weight excluding hydrogens is 404 g/mol. The van der Waals surface area contributed by atoms with Crippen LogP contribution >= 0.6 is 0 Å². The number of amides is 1. The van der Waals surface area contributed by atoms with Gasteiger partial charge in [0.25, 0.3) is 0 Å². The summed E-state index contributed by atoms with van der Waals surface area (Å²) in [5.41, 5.74) is 5.31. The molecule has 0 spiro atoms. The van der Waals surface area contributed by atoms with Crippen molar-refractivity contribution < 1.29 is 14.6 Å². The summed E-state index contributed by atoms with van der Waals surface area (Å²) in [6.45, 7) is 3.40. The van der Waals surface area contributed by atoms with Crippen molar-refractivity contribution in [2.24, 2.45) is 0 Å². The molecule has 0 radical (unpaired) electrons. The Hall–Kier alpha value is -3.16. The molecular formula is C25H28N4O3. The molecule has 0 saturated carbocycles. The average molecular weight is 433 g/mol. The third-order valence-corrected chi connectivity index (χ3v) is 6.29. The van der Waals surface area contributed by atoms with Crippen LogP contribution in [0.2, 0.25) is 0 Å². The Labute approximate surface area is 187 Å². The van der Waals surface area contributed by atoms with Crippen LogP contribution in [0.15, 0.2) is 60.9 Å². The smallest absolute Gasteiger partial charge is 0.411 e. The minimum absolute atomic E-state index is 0.0246. The molecule has 32 heavy (non-hydrogen) atoms. The second-order valence-electron chi connectivity index (χ2n) is 8.56. The van der Waals surface area contributed by atoms with Gasteiger partial charge in [-0.05, 0) is 48.2 Å². The van der Waals surface area contributed by atoms with E-state index in [9.17, 15) is 9.90 Å². The molecule has 1 saturated heterocycles. The molecule has 1 fully saturated rings. The van der Waals surface area contributed by atoms with Crippen LogP contribution in [0.1, 0.15) is 29.9 Å². The number of fused-ring (bicyclic) bond motifs is 3. The van der Waals surface area contributed by atoms with Crippen molar-refractivity contribution in [1.29, 1.82) is 0 Å². The zero-order chi connectivity index (χ0) is 21.9. The molecule has 5 rings (SSSR count). The normalized spacial score (nSPS) is 16.5. The summed E-state index contributed by atoms with van der Waals surface area (Å²) in [7, 11) is 0. The summed E-state index contributed by atoms with van der Waals surface area (Å²) in [4.78, 5) is 14.7. The molecule has 2 aliphatic rings. The molecule has 1 aliphatic heterocycles. The van der Waals surface area contributed by atoms with Gasteiger partial charge in [0.1, 0.15) is 6.61 Å². The first-order valence-corrected chi connectivity index (χ1v) is 11.2. The Kier molecular flexibility index (Phi) is 5.92. The zero-order valence-corrected chi connectivity index (χ0v) is 18.0. The molecule has 166 valence electrons. The van der Waals surface area contributed by atoms with Gasteiger partial charge in [-0.15, -0.1) is 0 Å². The summed E-state index contributed by atoms with van der Waals surface area (Å²) < 4.78 is 7.23. The number of carbonyl (C=O) groups is 1. The lowest BCUT2D eigenvalue weighted by molar-refractivity contribution is 0.106. The van der Waals surface area contributed by atoms with Gasteiger partial charge in [0, 0.05) is 18.7 Å². The van der Waals surface area contributed by atoms with Crippen LogP contribution in [-0.4, -0.2) is 58.2 Å². The number of β-amino-alcohol motifs (C(OH)–C–C–N with tert-alkyl or cyclic N) is 1. The summed E-state index contributed by atoms with van der Waals surface area (Å²) in [5, 5.41) is 17.3. The highest BCUT2D eigenvalue weighted by Gasteiger charge is 2.29. The number of likely N-dealkylation sites (tertiary alicyclic amines) is 1. The van der Waals surface area contributed by atoms with Gasteiger partial charge in [0.15, 0.2) is 0 Å². The highest BCUT2D eigenvalue weighted by atomic mass is 16.5. The monoisotopic (exact) mass is 432 g/mol. The molecule has 1 aliphatic carbocycles. The van der Waals surface area contributed by atoms with E-state index < -0.39 is 12.2 Å². The SMILES string of the molecule is O=C(Nc1cnn(CC(O)CN2CCCC2)c1)OCC1c2ccccc2-c2ccccc21. The van der Waals surface area contributed by atoms with Gasteiger partial charge in [0.2, 0.25) is 0 Å². The number of ether oxygens (including phenoxy) is 1. The first-order valence-electron chi connectivity index (χ1n) is 11.2. The number of nitrogens with one attached hydrogen (secondary N) is 1. The van der Waals surface area contributed by atoms with Gasteiger partial charge < -0.3 is 14.7 Å². The van der Waals surface area contributed by atoms with Crippen molar-refractivity contribution in [3.8, 4) is 11.1 Å². The van der Waals surface area contributed by atoms with Gasteiger partial charge in [0.05, 0.1) is 24.5 Å². The third-order valence-electron chi connectivity index (χ3n) is 6.29. The molecule has 1 atom stereocenters. The summed E-state index contributed by atoms with van der Waals surface area (Å²) in [6.07, 6.45) is 4.68. The molecule has 3 aromatic rings. The quantitative estimate of drug-likeness (QED) is 0.595. The van der Waals surface area contributed by atoms with Crippen molar-refractivity contribution in [1.82, 2.24) is 14.7 Å². The highest BCUT2D eigenvalue weighted by Crippen LogP contribution is 2.44. The predicted octanol–water partition coefficient (Wildman–Crippen LogP) is 3.70. The van der Waals surface area contributed by atoms with Crippen molar-refractivity contribution in [3.63, 3.8) is 0 Å². The van der Waals surface area contributed by atoms with Gasteiger partial charge in [-0.2, -0.15) is 5.10 Å². The number of aliphatic hydroxyl groups excluding tert-OH is 1. The van der Waals surface area contributed by atoms with Gasteiger partial charge in [-0.3, -0.25) is 10.00 Å². The lowest BCUT2D eigenvalue weighted by atomic mass is 9.98. The molecule has 7 heteroatoms. The largest absolute Gasteiger partial charge is 0.448 e. The Morgan fingerprint density at radius 1 is 1.06 bits per heavy atom. The van der Waals surface area contributed by atoms with Crippen LogP contribution in [0.3, 0.4) is 0 Å². The molecule has 1 unspecified atom stereocenters. The van der Waals surface area contributed by atoms with E-state index in [4.69, 9.17) is 4.74 Å². The molecule has 1 aromatic heterocycles. The predicted molar refractivity (Wildman–Crippen MR) is 123 cm³/mol. The standard InChI is InChI=1S/C25H28N4O3/c30-19(15-28-11-5-6-12-28)16-29-14-18(13-26-29)27-25(31)32-17-24-22-9-3-1-7-20(22)21-8-2-4-10-23(21)24/h1-4,7-10,13-14,19,24,30H,5-6,11-12,15-17H2,(H,27,31). The van der Waals surface area contributed by atoms with E-state index in [2.05, 4.69) is 39.6 Å². The summed E-state index contributed by atoms with van der Waals surface area (Å²) in [6, 6.07) is 16.5. The van der Waals surface area contributed by atoms with Crippen molar-refractivity contribution in [2.75, 3.05) is 31.6 Å². The lowest BCUT2D eigenvalue weighted by Gasteiger charge is -2.19. The summed E-state index contributed by atoms with van der Waals surface area (Å²) in [5.74, 6) is 0.0246. The van der Waals surface area contributed by atoms with Crippen LogP contribution < -0.4 is 5.32 Å². The number of aliphatic hydroxyl groups is 1. The third kappa shape index (κ3) is 4.40. The molecule has 2 heterocycles. The number of rotatable bonds is 7. The fourth-order valence-electron chi connectivity index (χ4n) is 4.82. The number of carbonyl (C=O) groups excluding carboxylic acids is 1. The Bertz CT molecular complexity index is 1040. The van der Waals surface area contributed by atoms with E-state index in [1.54, 1.807) is 17.1 Å². The molecule has 1 amide bonds. The molecule has 0 bridgehead atoms. The maximum Gasteiger partial charge on any atom is 0.411 e. The molecule has 7 nitrogen and oxygen atoms in total. The number of hydrogen-bond acceptors (Lipinski definition) is 5. The van der Waals surface area contributed by atoms with E-state index in [1.165, 1.54) is 35.1 Å². The van der Waals surface area contributed by atoms with E-state index >= 15 is 0 Å². The second-order valence-corrected chi connectivity index (χ2v) is 8.56. The number of benzene rings is 2. The topological polar surface area (TPSA) is 79.6 Å². The Balaban J connectivity index is 1.16. The van der Waals surface area contributed by atoms with Crippen LogP contribution in [0.5, 0.6) is 0 Å². The second kappa shape index (κ2) is 9.14. The zero-order valence-electron chi connectivity index (χ0n) is 18.0.